The average molecular weight is 249 g/mol. The van der Waals surface area contributed by atoms with Crippen molar-refractivity contribution in [2.24, 2.45) is 5.73 Å². The van der Waals surface area contributed by atoms with Gasteiger partial charge in [0.1, 0.15) is 11.9 Å². The number of nitrogens with two attached hydrogens (primary N) is 1. The quantitative estimate of drug-likeness (QED) is 0.817. The Balaban J connectivity index is 2.27. The predicted octanol–water partition coefficient (Wildman–Crippen LogP) is 0.479. The number of nitrogens with zero attached hydrogens (tertiary/aromatic N) is 1. The van der Waals surface area contributed by atoms with Crippen molar-refractivity contribution in [2.75, 3.05) is 25.0 Å². The van der Waals surface area contributed by atoms with E-state index in [1.807, 2.05) is 30.0 Å². The number of hydrogen-bond acceptors (Lipinski definition) is 4. The Bertz CT molecular complexity index is 448. The Hall–Kier alpha value is -1.75. The number of amides is 1. The molecule has 0 bridgehead atoms. The van der Waals surface area contributed by atoms with E-state index in [0.717, 1.165) is 17.0 Å². The zero-order valence-corrected chi connectivity index (χ0v) is 10.8. The zero-order chi connectivity index (χ0) is 13.1. The Morgan fingerprint density at radius 1 is 1.61 bits per heavy atom. The summed E-state index contributed by atoms with van der Waals surface area (Å²) >= 11 is 0. The maximum absolute atomic E-state index is 11.5. The minimum absolute atomic E-state index is 0.00190. The first kappa shape index (κ1) is 12.7. The molecular weight excluding hydrogens is 230 g/mol. The molecule has 0 spiro atoms. The zero-order valence-electron chi connectivity index (χ0n) is 10.8. The number of rotatable bonds is 3. The van der Waals surface area contributed by atoms with E-state index in [1.54, 1.807) is 7.05 Å². The second-order valence-corrected chi connectivity index (χ2v) is 4.49. The van der Waals surface area contributed by atoms with Crippen LogP contribution >= 0.6 is 0 Å². The van der Waals surface area contributed by atoms with Crippen LogP contribution in [0.4, 0.5) is 5.69 Å². The lowest BCUT2D eigenvalue weighted by atomic mass is 10.1. The summed E-state index contributed by atoms with van der Waals surface area (Å²) < 4.78 is 5.79. The molecule has 5 heteroatoms. The van der Waals surface area contributed by atoms with Gasteiger partial charge in [-0.1, -0.05) is 6.07 Å². The van der Waals surface area contributed by atoms with Gasteiger partial charge >= 0.3 is 0 Å². The lowest BCUT2D eigenvalue weighted by molar-refractivity contribution is -0.119. The Morgan fingerprint density at radius 2 is 2.39 bits per heavy atom. The molecule has 2 rings (SSSR count). The van der Waals surface area contributed by atoms with E-state index in [9.17, 15) is 4.79 Å². The highest BCUT2D eigenvalue weighted by molar-refractivity contribution is 5.82. The first-order chi connectivity index (χ1) is 8.63. The number of benzene rings is 1. The Labute approximate surface area is 107 Å². The number of fused-ring (bicyclic) bond motifs is 1. The molecule has 1 aliphatic heterocycles. The van der Waals surface area contributed by atoms with Gasteiger partial charge in [-0.2, -0.15) is 0 Å². The molecule has 0 fully saturated rings. The summed E-state index contributed by atoms with van der Waals surface area (Å²) in [4.78, 5) is 13.5. The van der Waals surface area contributed by atoms with E-state index >= 15 is 0 Å². The topological polar surface area (TPSA) is 67.6 Å². The minimum atomic E-state index is -0.00190. The highest BCUT2D eigenvalue weighted by atomic mass is 16.5. The molecule has 0 saturated heterocycles. The predicted molar refractivity (Wildman–Crippen MR) is 70.7 cm³/mol. The van der Waals surface area contributed by atoms with Gasteiger partial charge in [0.05, 0.1) is 18.8 Å². The molecule has 18 heavy (non-hydrogen) atoms. The van der Waals surface area contributed by atoms with E-state index < -0.39 is 0 Å². The fourth-order valence-corrected chi connectivity index (χ4v) is 2.11. The summed E-state index contributed by atoms with van der Waals surface area (Å²) in [5.41, 5.74) is 7.60. The molecule has 0 saturated carbocycles. The highest BCUT2D eigenvalue weighted by Gasteiger charge is 2.24. The van der Waals surface area contributed by atoms with Crippen LogP contribution in [0.15, 0.2) is 18.2 Å². The van der Waals surface area contributed by atoms with Gasteiger partial charge in [-0.3, -0.25) is 4.79 Å². The van der Waals surface area contributed by atoms with E-state index in [0.29, 0.717) is 19.6 Å². The van der Waals surface area contributed by atoms with Crippen LogP contribution in [0.3, 0.4) is 0 Å². The number of hydrogen-bond donors (Lipinski definition) is 2. The molecule has 1 atom stereocenters. The van der Waals surface area contributed by atoms with Crippen LogP contribution in [0.2, 0.25) is 0 Å². The molecule has 1 heterocycles. The van der Waals surface area contributed by atoms with Gasteiger partial charge in [-0.15, -0.1) is 0 Å². The van der Waals surface area contributed by atoms with E-state index in [-0.39, 0.29) is 12.0 Å². The fraction of sp³-hybridized carbons (Fsp3) is 0.462. The van der Waals surface area contributed by atoms with Gasteiger partial charge in [0.2, 0.25) is 5.91 Å². The Morgan fingerprint density at radius 3 is 3.06 bits per heavy atom. The van der Waals surface area contributed by atoms with Crippen LogP contribution in [0.1, 0.15) is 12.5 Å². The van der Waals surface area contributed by atoms with E-state index in [1.165, 1.54) is 0 Å². The molecule has 98 valence electrons. The van der Waals surface area contributed by atoms with Crippen molar-refractivity contribution in [2.45, 2.75) is 19.6 Å². The second kappa shape index (κ2) is 5.27. The molecule has 0 radical (unpaired) electrons. The summed E-state index contributed by atoms with van der Waals surface area (Å²) in [5.74, 6) is 0.804. The molecule has 3 N–H and O–H groups in total. The molecular formula is C13H19N3O2. The van der Waals surface area contributed by atoms with Crippen LogP contribution in [-0.2, 0) is 11.3 Å². The smallest absolute Gasteiger partial charge is 0.239 e. The fourth-order valence-electron chi connectivity index (χ4n) is 2.11. The number of likely N-dealkylation sites (N-methyl/N-ethyl adjacent to an activating group) is 1. The monoisotopic (exact) mass is 249 g/mol. The molecule has 1 amide bonds. The van der Waals surface area contributed by atoms with Crippen LogP contribution in [0, 0.1) is 0 Å². The second-order valence-electron chi connectivity index (χ2n) is 4.49. The molecule has 1 aromatic rings. The lowest BCUT2D eigenvalue weighted by Gasteiger charge is -2.34. The van der Waals surface area contributed by atoms with Crippen molar-refractivity contribution in [3.8, 4) is 5.75 Å². The Kier molecular flexibility index (Phi) is 3.72. The van der Waals surface area contributed by atoms with E-state index in [2.05, 4.69) is 5.32 Å². The SMILES string of the molecule is CNC(=O)CN1CC(C)Oc2cc(CN)ccc21. The van der Waals surface area contributed by atoms with Crippen molar-refractivity contribution in [1.82, 2.24) is 5.32 Å². The summed E-state index contributed by atoms with van der Waals surface area (Å²) in [7, 11) is 1.64. The summed E-state index contributed by atoms with van der Waals surface area (Å²) in [6.07, 6.45) is 0.0650. The van der Waals surface area contributed by atoms with Crippen molar-refractivity contribution >= 4 is 11.6 Å². The van der Waals surface area contributed by atoms with Crippen LogP contribution in [0.5, 0.6) is 5.75 Å². The average Bonchev–Trinajstić information content (AvgIpc) is 2.37. The van der Waals surface area contributed by atoms with Crippen LogP contribution < -0.4 is 20.7 Å². The number of ether oxygens (including phenoxy) is 1. The molecule has 1 aromatic carbocycles. The largest absolute Gasteiger partial charge is 0.487 e. The minimum Gasteiger partial charge on any atom is -0.487 e. The summed E-state index contributed by atoms with van der Waals surface area (Å²) in [6.45, 7) is 3.54. The molecule has 5 nitrogen and oxygen atoms in total. The standard InChI is InChI=1S/C13H19N3O2/c1-9-7-16(8-13(17)15-2)11-4-3-10(6-14)5-12(11)18-9/h3-5,9H,6-8,14H2,1-2H3,(H,15,17). The van der Waals surface area contributed by atoms with Gasteiger partial charge in [0.15, 0.2) is 0 Å². The van der Waals surface area contributed by atoms with Crippen LogP contribution in [0.25, 0.3) is 0 Å². The van der Waals surface area contributed by atoms with Gasteiger partial charge in [-0.25, -0.2) is 0 Å². The van der Waals surface area contributed by atoms with Gasteiger partial charge < -0.3 is 20.7 Å². The van der Waals surface area contributed by atoms with Gasteiger partial charge in [0.25, 0.3) is 0 Å². The molecule has 1 unspecified atom stereocenters. The summed E-state index contributed by atoms with van der Waals surface area (Å²) in [6, 6.07) is 5.88. The third-order valence-electron chi connectivity index (χ3n) is 3.02. The number of carbonyl (C=O) groups is 1. The van der Waals surface area contributed by atoms with Gasteiger partial charge in [-0.05, 0) is 24.6 Å². The first-order valence-corrected chi connectivity index (χ1v) is 6.09. The van der Waals surface area contributed by atoms with E-state index in [4.69, 9.17) is 10.5 Å². The number of nitrogens with one attached hydrogen (secondary N) is 1. The summed E-state index contributed by atoms with van der Waals surface area (Å²) in [5, 5.41) is 2.64. The maximum atomic E-state index is 11.5. The van der Waals surface area contributed by atoms with Crippen molar-refractivity contribution in [3.05, 3.63) is 23.8 Å². The molecule has 0 aliphatic carbocycles. The molecule has 1 aliphatic rings. The van der Waals surface area contributed by atoms with Crippen molar-refractivity contribution < 1.29 is 9.53 Å². The third kappa shape index (κ3) is 2.56. The lowest BCUT2D eigenvalue weighted by Crippen LogP contribution is -2.43. The first-order valence-electron chi connectivity index (χ1n) is 6.09. The van der Waals surface area contributed by atoms with Crippen molar-refractivity contribution in [3.63, 3.8) is 0 Å². The third-order valence-corrected chi connectivity index (χ3v) is 3.02. The van der Waals surface area contributed by atoms with Crippen LogP contribution in [-0.4, -0.2) is 32.1 Å². The molecule has 0 aromatic heterocycles. The number of anilines is 1. The normalized spacial score (nSPS) is 17.9. The highest BCUT2D eigenvalue weighted by Crippen LogP contribution is 2.33. The number of carbonyl (C=O) groups excluding carboxylic acids is 1. The van der Waals surface area contributed by atoms with Crippen molar-refractivity contribution in [1.29, 1.82) is 0 Å². The van der Waals surface area contributed by atoms with Gasteiger partial charge in [0, 0.05) is 13.6 Å². The maximum Gasteiger partial charge on any atom is 0.239 e.